The van der Waals surface area contributed by atoms with Crippen molar-refractivity contribution in [3.05, 3.63) is 24.2 Å². The van der Waals surface area contributed by atoms with Gasteiger partial charge in [-0.15, -0.1) is 0 Å². The zero-order valence-electron chi connectivity index (χ0n) is 11.6. The summed E-state index contributed by atoms with van der Waals surface area (Å²) < 4.78 is 2.31. The Kier molecular flexibility index (Phi) is 3.78. The summed E-state index contributed by atoms with van der Waals surface area (Å²) in [6.07, 6.45) is 6.66. The first-order chi connectivity index (χ1) is 9.38. The van der Waals surface area contributed by atoms with Crippen LogP contribution in [-0.2, 0) is 13.0 Å². The topological polar surface area (TPSA) is 42.7 Å². The van der Waals surface area contributed by atoms with Crippen LogP contribution in [0.3, 0.4) is 0 Å². The Morgan fingerprint density at radius 2 is 2.42 bits per heavy atom. The second-order valence-electron chi connectivity index (χ2n) is 5.44. The predicted molar refractivity (Wildman–Crippen MR) is 77.1 cm³/mol. The molecule has 0 aliphatic carbocycles. The molecule has 1 aliphatic heterocycles. The van der Waals surface area contributed by atoms with Crippen molar-refractivity contribution in [3.63, 3.8) is 0 Å². The lowest BCUT2D eigenvalue weighted by Gasteiger charge is -2.22. The zero-order chi connectivity index (χ0) is 13.1. The van der Waals surface area contributed by atoms with Crippen LogP contribution in [0, 0.1) is 5.92 Å². The summed E-state index contributed by atoms with van der Waals surface area (Å²) in [7, 11) is 0. The minimum absolute atomic E-state index is 0.723. The summed E-state index contributed by atoms with van der Waals surface area (Å²) in [5, 5.41) is 3.49. The molecule has 19 heavy (non-hydrogen) atoms. The van der Waals surface area contributed by atoms with Crippen molar-refractivity contribution in [1.29, 1.82) is 0 Å². The van der Waals surface area contributed by atoms with Crippen LogP contribution in [0.25, 0.3) is 11.2 Å². The Labute approximate surface area is 114 Å². The highest BCUT2D eigenvalue weighted by molar-refractivity contribution is 5.71. The molecule has 0 spiro atoms. The van der Waals surface area contributed by atoms with E-state index in [9.17, 15) is 0 Å². The average molecular weight is 258 g/mol. The van der Waals surface area contributed by atoms with Gasteiger partial charge in [0, 0.05) is 19.2 Å². The van der Waals surface area contributed by atoms with Gasteiger partial charge >= 0.3 is 0 Å². The minimum atomic E-state index is 0.723. The molecule has 102 valence electrons. The maximum absolute atomic E-state index is 4.80. The third-order valence-corrected chi connectivity index (χ3v) is 3.90. The first-order valence-electron chi connectivity index (χ1n) is 7.39. The summed E-state index contributed by atoms with van der Waals surface area (Å²) in [4.78, 5) is 9.30. The van der Waals surface area contributed by atoms with Gasteiger partial charge in [-0.25, -0.2) is 9.97 Å². The summed E-state index contributed by atoms with van der Waals surface area (Å²) >= 11 is 0. The molecular weight excluding hydrogens is 236 g/mol. The molecule has 1 atom stereocenters. The number of aryl methyl sites for hydroxylation is 1. The SMILES string of the molecule is CCCn1c(CC2CCCNC2)nc2cccnc21. The molecule has 1 saturated heterocycles. The number of rotatable bonds is 4. The highest BCUT2D eigenvalue weighted by Gasteiger charge is 2.18. The molecule has 1 unspecified atom stereocenters. The molecule has 0 amide bonds. The van der Waals surface area contributed by atoms with Gasteiger partial charge in [-0.2, -0.15) is 0 Å². The van der Waals surface area contributed by atoms with E-state index in [0.29, 0.717) is 0 Å². The molecule has 0 bridgehead atoms. The summed E-state index contributed by atoms with van der Waals surface area (Å²) in [6.45, 7) is 5.52. The van der Waals surface area contributed by atoms with E-state index in [1.807, 2.05) is 12.3 Å². The second-order valence-corrected chi connectivity index (χ2v) is 5.44. The quantitative estimate of drug-likeness (QED) is 0.915. The molecule has 2 aromatic rings. The van der Waals surface area contributed by atoms with Crippen molar-refractivity contribution < 1.29 is 0 Å². The fraction of sp³-hybridized carbons (Fsp3) is 0.600. The van der Waals surface area contributed by atoms with E-state index in [2.05, 4.69) is 27.9 Å². The van der Waals surface area contributed by atoms with Crippen molar-refractivity contribution in [2.75, 3.05) is 13.1 Å². The van der Waals surface area contributed by atoms with Crippen LogP contribution in [0.15, 0.2) is 18.3 Å². The molecule has 1 aliphatic rings. The molecular formula is C15H22N4. The van der Waals surface area contributed by atoms with Crippen molar-refractivity contribution in [3.8, 4) is 0 Å². The van der Waals surface area contributed by atoms with Gasteiger partial charge in [0.1, 0.15) is 11.3 Å². The molecule has 1 fully saturated rings. The lowest BCUT2D eigenvalue weighted by molar-refractivity contribution is 0.366. The largest absolute Gasteiger partial charge is 0.316 e. The summed E-state index contributed by atoms with van der Waals surface area (Å²) in [5.41, 5.74) is 2.08. The van der Waals surface area contributed by atoms with Gasteiger partial charge in [0.25, 0.3) is 0 Å². The van der Waals surface area contributed by atoms with E-state index in [0.717, 1.165) is 43.0 Å². The molecule has 4 heteroatoms. The molecule has 4 nitrogen and oxygen atoms in total. The number of piperidine rings is 1. The van der Waals surface area contributed by atoms with Gasteiger partial charge in [-0.3, -0.25) is 0 Å². The number of nitrogens with one attached hydrogen (secondary N) is 1. The third-order valence-electron chi connectivity index (χ3n) is 3.90. The van der Waals surface area contributed by atoms with Crippen LogP contribution in [0.2, 0.25) is 0 Å². The Morgan fingerprint density at radius 1 is 1.47 bits per heavy atom. The Balaban J connectivity index is 1.90. The molecule has 2 aromatic heterocycles. The van der Waals surface area contributed by atoms with E-state index >= 15 is 0 Å². The molecule has 0 saturated carbocycles. The third kappa shape index (κ3) is 2.63. The number of pyridine rings is 1. The zero-order valence-corrected chi connectivity index (χ0v) is 11.6. The average Bonchev–Trinajstić information content (AvgIpc) is 2.79. The van der Waals surface area contributed by atoms with Gasteiger partial charge in [0.05, 0.1) is 0 Å². The van der Waals surface area contributed by atoms with E-state index in [1.54, 1.807) is 0 Å². The number of aromatic nitrogens is 3. The Morgan fingerprint density at radius 3 is 3.21 bits per heavy atom. The Bertz CT molecular complexity index is 540. The van der Waals surface area contributed by atoms with E-state index in [4.69, 9.17) is 4.98 Å². The smallest absolute Gasteiger partial charge is 0.159 e. The molecule has 3 rings (SSSR count). The monoisotopic (exact) mass is 258 g/mol. The van der Waals surface area contributed by atoms with Crippen LogP contribution < -0.4 is 5.32 Å². The highest BCUT2D eigenvalue weighted by Crippen LogP contribution is 2.20. The maximum Gasteiger partial charge on any atom is 0.159 e. The predicted octanol–water partition coefficient (Wildman–Crippen LogP) is 2.38. The fourth-order valence-electron chi connectivity index (χ4n) is 2.98. The number of fused-ring (bicyclic) bond motifs is 1. The van der Waals surface area contributed by atoms with Gasteiger partial charge in [0.2, 0.25) is 0 Å². The van der Waals surface area contributed by atoms with Crippen LogP contribution in [0.5, 0.6) is 0 Å². The first-order valence-corrected chi connectivity index (χ1v) is 7.39. The van der Waals surface area contributed by atoms with Gasteiger partial charge in [-0.05, 0) is 50.4 Å². The van der Waals surface area contributed by atoms with Crippen molar-refractivity contribution >= 4 is 11.2 Å². The maximum atomic E-state index is 4.80. The normalized spacial score (nSPS) is 19.9. The highest BCUT2D eigenvalue weighted by atomic mass is 15.1. The molecule has 1 N–H and O–H groups in total. The van der Waals surface area contributed by atoms with Crippen molar-refractivity contribution in [2.24, 2.45) is 5.92 Å². The van der Waals surface area contributed by atoms with Gasteiger partial charge in [-0.1, -0.05) is 6.92 Å². The molecule has 0 radical (unpaired) electrons. The lowest BCUT2D eigenvalue weighted by atomic mass is 9.96. The van der Waals surface area contributed by atoms with Crippen molar-refractivity contribution in [2.45, 2.75) is 39.2 Å². The van der Waals surface area contributed by atoms with E-state index < -0.39 is 0 Å². The summed E-state index contributed by atoms with van der Waals surface area (Å²) in [6, 6.07) is 4.04. The first kappa shape index (κ1) is 12.6. The fourth-order valence-corrected chi connectivity index (χ4v) is 2.98. The van der Waals surface area contributed by atoms with E-state index in [-0.39, 0.29) is 0 Å². The minimum Gasteiger partial charge on any atom is -0.316 e. The second kappa shape index (κ2) is 5.70. The van der Waals surface area contributed by atoms with E-state index in [1.165, 1.54) is 25.2 Å². The number of nitrogens with zero attached hydrogens (tertiary/aromatic N) is 3. The lowest BCUT2D eigenvalue weighted by Crippen LogP contribution is -2.31. The molecule has 3 heterocycles. The van der Waals surface area contributed by atoms with Crippen LogP contribution in [0.4, 0.5) is 0 Å². The van der Waals surface area contributed by atoms with Gasteiger partial charge < -0.3 is 9.88 Å². The number of hydrogen-bond acceptors (Lipinski definition) is 3. The Hall–Kier alpha value is -1.42. The number of hydrogen-bond donors (Lipinski definition) is 1. The summed E-state index contributed by atoms with van der Waals surface area (Å²) in [5.74, 6) is 1.94. The number of imidazole rings is 1. The molecule has 0 aromatic carbocycles. The van der Waals surface area contributed by atoms with Crippen LogP contribution in [0.1, 0.15) is 32.0 Å². The van der Waals surface area contributed by atoms with Crippen molar-refractivity contribution in [1.82, 2.24) is 19.9 Å². The van der Waals surface area contributed by atoms with Gasteiger partial charge in [0.15, 0.2) is 5.65 Å². The van der Waals surface area contributed by atoms with Crippen LogP contribution >= 0.6 is 0 Å². The van der Waals surface area contributed by atoms with Crippen LogP contribution in [-0.4, -0.2) is 27.6 Å². The standard InChI is InChI=1S/C15H22N4/c1-2-9-19-14(10-12-5-3-7-16-11-12)18-13-6-4-8-17-15(13)19/h4,6,8,12,16H,2-3,5,7,9-11H2,1H3.